The van der Waals surface area contributed by atoms with Crippen molar-refractivity contribution in [3.8, 4) is 0 Å². The standard InChI is InChI=1S/C19H30N4/c1-4-5-6-10-13-17-15-21-19(22-18(17)23(2)3)20-14-16-11-8-7-9-12-16/h4-6,13,16H,1,7-12,14-15H2,2-3H3,(H,20,21)/b6-5-,17-13+. The number of aliphatic imine (C=N–C) groups is 2. The molecule has 0 aromatic heterocycles. The average molecular weight is 314 g/mol. The van der Waals surface area contributed by atoms with Crippen molar-refractivity contribution in [2.24, 2.45) is 15.9 Å². The molecular formula is C19H30N4. The number of hydrogen-bond acceptors (Lipinski definition) is 4. The van der Waals surface area contributed by atoms with Gasteiger partial charge >= 0.3 is 0 Å². The van der Waals surface area contributed by atoms with E-state index in [0.29, 0.717) is 6.54 Å². The van der Waals surface area contributed by atoms with Crippen LogP contribution in [0.4, 0.5) is 0 Å². The lowest BCUT2D eigenvalue weighted by Gasteiger charge is -2.25. The van der Waals surface area contributed by atoms with Crippen LogP contribution in [-0.2, 0) is 0 Å². The Morgan fingerprint density at radius 3 is 2.74 bits per heavy atom. The van der Waals surface area contributed by atoms with Crippen molar-refractivity contribution >= 4 is 11.8 Å². The fraction of sp³-hybridized carbons (Fsp3) is 0.579. The maximum absolute atomic E-state index is 4.71. The van der Waals surface area contributed by atoms with Gasteiger partial charge < -0.3 is 10.2 Å². The molecule has 4 nitrogen and oxygen atoms in total. The van der Waals surface area contributed by atoms with Crippen molar-refractivity contribution in [1.29, 1.82) is 0 Å². The number of amidine groups is 1. The highest BCUT2D eigenvalue weighted by molar-refractivity contribution is 6.07. The van der Waals surface area contributed by atoms with Crippen LogP contribution in [0.3, 0.4) is 0 Å². The lowest BCUT2D eigenvalue weighted by molar-refractivity contribution is 0.356. The summed E-state index contributed by atoms with van der Waals surface area (Å²) in [7, 11) is 4.08. The number of nitrogens with zero attached hydrogens (tertiary/aromatic N) is 3. The molecule has 1 aliphatic carbocycles. The van der Waals surface area contributed by atoms with Crippen molar-refractivity contribution in [2.45, 2.75) is 38.5 Å². The van der Waals surface area contributed by atoms with E-state index >= 15 is 0 Å². The van der Waals surface area contributed by atoms with Crippen LogP contribution in [0.2, 0.25) is 0 Å². The second kappa shape index (κ2) is 9.33. The number of rotatable bonds is 5. The molecule has 0 atom stereocenters. The van der Waals surface area contributed by atoms with E-state index in [1.54, 1.807) is 6.08 Å². The molecule has 0 saturated heterocycles. The van der Waals surface area contributed by atoms with Crippen molar-refractivity contribution in [2.75, 3.05) is 27.2 Å². The minimum atomic E-state index is 0.700. The van der Waals surface area contributed by atoms with Crippen LogP contribution in [0.25, 0.3) is 0 Å². The smallest absolute Gasteiger partial charge is 0.220 e. The minimum Gasteiger partial charge on any atom is -0.362 e. The first kappa shape index (κ1) is 17.5. The molecule has 1 aliphatic heterocycles. The molecule has 0 spiro atoms. The van der Waals surface area contributed by atoms with Gasteiger partial charge in [0, 0.05) is 26.2 Å². The Balaban J connectivity index is 1.94. The summed E-state index contributed by atoms with van der Waals surface area (Å²) in [6.07, 6.45) is 15.7. The first-order valence-electron chi connectivity index (χ1n) is 8.72. The Hall–Kier alpha value is -1.84. The van der Waals surface area contributed by atoms with E-state index in [1.807, 2.05) is 20.2 Å². The molecule has 1 heterocycles. The number of likely N-dealkylation sites (N-methyl/N-ethyl adjacent to an activating group) is 1. The maximum atomic E-state index is 4.71. The summed E-state index contributed by atoms with van der Waals surface area (Å²) in [4.78, 5) is 11.4. The van der Waals surface area contributed by atoms with Crippen LogP contribution in [0.5, 0.6) is 0 Å². The molecule has 1 fully saturated rings. The monoisotopic (exact) mass is 314 g/mol. The molecule has 4 heteroatoms. The predicted octanol–water partition coefficient (Wildman–Crippen LogP) is 3.54. The molecule has 0 unspecified atom stereocenters. The van der Waals surface area contributed by atoms with Gasteiger partial charge in [-0.3, -0.25) is 0 Å². The number of nitrogens with one attached hydrogen (secondary N) is 1. The van der Waals surface area contributed by atoms with Crippen molar-refractivity contribution in [1.82, 2.24) is 10.2 Å². The summed E-state index contributed by atoms with van der Waals surface area (Å²) in [6.45, 7) is 5.39. The normalized spacial score (nSPS) is 21.2. The Labute approximate surface area is 140 Å². The first-order valence-corrected chi connectivity index (χ1v) is 8.72. The lowest BCUT2D eigenvalue weighted by atomic mass is 9.89. The lowest BCUT2D eigenvalue weighted by Crippen LogP contribution is -2.36. The highest BCUT2D eigenvalue weighted by atomic mass is 15.2. The zero-order valence-corrected chi connectivity index (χ0v) is 14.6. The fourth-order valence-corrected chi connectivity index (χ4v) is 3.09. The summed E-state index contributed by atoms with van der Waals surface area (Å²) in [5.41, 5.74) is 1.19. The van der Waals surface area contributed by atoms with Gasteiger partial charge in [-0.05, 0) is 25.2 Å². The van der Waals surface area contributed by atoms with Gasteiger partial charge in [-0.15, -0.1) is 0 Å². The van der Waals surface area contributed by atoms with Crippen LogP contribution in [-0.4, -0.2) is 43.9 Å². The van der Waals surface area contributed by atoms with E-state index in [9.17, 15) is 0 Å². The second-order valence-electron chi connectivity index (χ2n) is 6.48. The van der Waals surface area contributed by atoms with Crippen molar-refractivity contribution in [3.05, 3.63) is 36.5 Å². The van der Waals surface area contributed by atoms with Crippen molar-refractivity contribution in [3.63, 3.8) is 0 Å². The second-order valence-corrected chi connectivity index (χ2v) is 6.48. The van der Waals surface area contributed by atoms with Gasteiger partial charge in [0.05, 0.1) is 6.54 Å². The summed E-state index contributed by atoms with van der Waals surface area (Å²) in [6, 6.07) is 0. The third-order valence-electron chi connectivity index (χ3n) is 4.37. The van der Waals surface area contributed by atoms with Gasteiger partial charge in [0.1, 0.15) is 5.84 Å². The van der Waals surface area contributed by atoms with Gasteiger partial charge in [0.2, 0.25) is 5.96 Å². The minimum absolute atomic E-state index is 0.700. The Morgan fingerprint density at radius 1 is 1.26 bits per heavy atom. The van der Waals surface area contributed by atoms with E-state index in [1.165, 1.54) is 37.7 Å². The van der Waals surface area contributed by atoms with Gasteiger partial charge in [-0.1, -0.05) is 50.1 Å². The highest BCUT2D eigenvalue weighted by Crippen LogP contribution is 2.22. The maximum Gasteiger partial charge on any atom is 0.220 e. The molecule has 0 aromatic rings. The molecule has 126 valence electrons. The van der Waals surface area contributed by atoms with Gasteiger partial charge in [-0.25, -0.2) is 4.99 Å². The van der Waals surface area contributed by atoms with Gasteiger partial charge in [-0.2, -0.15) is 4.99 Å². The summed E-state index contributed by atoms with van der Waals surface area (Å²) >= 11 is 0. The third-order valence-corrected chi connectivity index (χ3v) is 4.37. The molecule has 1 N–H and O–H groups in total. The van der Waals surface area contributed by atoms with E-state index in [0.717, 1.165) is 30.7 Å². The number of allylic oxidation sites excluding steroid dienone is 4. The van der Waals surface area contributed by atoms with Crippen molar-refractivity contribution < 1.29 is 0 Å². The van der Waals surface area contributed by atoms with Crippen LogP contribution in [0.15, 0.2) is 46.4 Å². The number of guanidine groups is 1. The molecule has 0 amide bonds. The molecule has 0 radical (unpaired) electrons. The molecule has 2 rings (SSSR count). The zero-order chi connectivity index (χ0) is 16.5. The third kappa shape index (κ3) is 5.70. The van der Waals surface area contributed by atoms with Crippen LogP contribution in [0.1, 0.15) is 38.5 Å². The van der Waals surface area contributed by atoms with Gasteiger partial charge in [0.15, 0.2) is 0 Å². The van der Waals surface area contributed by atoms with E-state index in [-0.39, 0.29) is 0 Å². The number of hydrogen-bond donors (Lipinski definition) is 1. The SMILES string of the molecule is C=C/C=C\C/C=C1\CN=C(NCC2CCCCC2)N=C1N(C)C. The summed E-state index contributed by atoms with van der Waals surface area (Å²) in [5.74, 6) is 2.58. The molecule has 0 bridgehead atoms. The van der Waals surface area contributed by atoms with Gasteiger partial charge in [0.25, 0.3) is 0 Å². The quantitative estimate of drug-likeness (QED) is 0.788. The Kier molecular flexibility index (Phi) is 7.11. The topological polar surface area (TPSA) is 40.0 Å². The van der Waals surface area contributed by atoms with Crippen LogP contribution >= 0.6 is 0 Å². The molecule has 0 aromatic carbocycles. The Bertz CT molecular complexity index is 505. The Morgan fingerprint density at radius 2 is 2.04 bits per heavy atom. The summed E-state index contributed by atoms with van der Waals surface area (Å²) < 4.78 is 0. The largest absolute Gasteiger partial charge is 0.362 e. The van der Waals surface area contributed by atoms with E-state index < -0.39 is 0 Å². The molecule has 23 heavy (non-hydrogen) atoms. The zero-order valence-electron chi connectivity index (χ0n) is 14.6. The van der Waals surface area contributed by atoms with E-state index in [4.69, 9.17) is 4.99 Å². The predicted molar refractivity (Wildman–Crippen MR) is 100 cm³/mol. The summed E-state index contributed by atoms with van der Waals surface area (Å²) in [5, 5.41) is 3.45. The first-order chi connectivity index (χ1) is 11.2. The molecular weight excluding hydrogens is 284 g/mol. The van der Waals surface area contributed by atoms with Crippen LogP contribution < -0.4 is 5.32 Å². The molecule has 1 saturated carbocycles. The van der Waals surface area contributed by atoms with Crippen LogP contribution in [0, 0.1) is 5.92 Å². The van der Waals surface area contributed by atoms with E-state index in [2.05, 4.69) is 33.9 Å². The fourth-order valence-electron chi connectivity index (χ4n) is 3.09. The molecule has 2 aliphatic rings. The average Bonchev–Trinajstić information content (AvgIpc) is 2.58. The highest BCUT2D eigenvalue weighted by Gasteiger charge is 2.17.